The van der Waals surface area contributed by atoms with Crippen molar-refractivity contribution in [1.29, 1.82) is 0 Å². The van der Waals surface area contributed by atoms with Crippen molar-refractivity contribution in [3.8, 4) is 27.9 Å². The molecule has 316 valence electrons. The molecule has 9 aromatic carbocycles. The van der Waals surface area contributed by atoms with Crippen LogP contribution in [0.25, 0.3) is 69.9 Å². The molecule has 3 heteroatoms. The molecule has 3 atom stereocenters. The summed E-state index contributed by atoms with van der Waals surface area (Å²) in [5.74, 6) is 0.812. The van der Waals surface area contributed by atoms with Crippen LogP contribution in [-0.4, -0.2) is 4.57 Å². The van der Waals surface area contributed by atoms with Gasteiger partial charge in [-0.25, -0.2) is 0 Å². The minimum Gasteiger partial charge on any atom is -0.310 e. The largest absolute Gasteiger partial charge is 0.310 e. The lowest BCUT2D eigenvalue weighted by Gasteiger charge is -2.40. The summed E-state index contributed by atoms with van der Waals surface area (Å²) in [6, 6.07) is 73.9. The van der Waals surface area contributed by atoms with E-state index in [2.05, 4.69) is 242 Å². The van der Waals surface area contributed by atoms with E-state index in [1.54, 1.807) is 0 Å². The summed E-state index contributed by atoms with van der Waals surface area (Å²) in [7, 11) is 0. The first-order chi connectivity index (χ1) is 33.0. The SMILES string of the molecule is CC1(C)c2cc(N(c3ccc(-c4cccc5c4sc4ccccc45)cc3)c3ccc4c(c3)C3(c5ccccc5-4)c4ccccc4-n4c5ccccc5c5cccc3c54)ccc2C2C=CC=CC21. The average molecular weight is 873 g/mol. The summed E-state index contributed by atoms with van der Waals surface area (Å²) >= 11 is 1.89. The molecule has 3 unspecified atom stereocenters. The van der Waals surface area contributed by atoms with Crippen molar-refractivity contribution in [2.75, 3.05) is 4.90 Å². The highest BCUT2D eigenvalue weighted by Crippen LogP contribution is 2.62. The molecule has 0 radical (unpaired) electrons. The lowest BCUT2D eigenvalue weighted by atomic mass is 9.65. The summed E-state index contributed by atoms with van der Waals surface area (Å²) < 4.78 is 5.20. The molecule has 3 heterocycles. The number of anilines is 3. The van der Waals surface area contributed by atoms with Crippen molar-refractivity contribution in [2.24, 2.45) is 5.92 Å². The Labute approximate surface area is 394 Å². The molecule has 3 aliphatic carbocycles. The number of allylic oxidation sites excluding steroid dienone is 4. The topological polar surface area (TPSA) is 8.17 Å². The lowest BCUT2D eigenvalue weighted by molar-refractivity contribution is 0.394. The van der Waals surface area contributed by atoms with Crippen LogP contribution in [-0.2, 0) is 10.8 Å². The fourth-order valence-corrected chi connectivity index (χ4v) is 14.4. The quantitative estimate of drug-likeness (QED) is 0.171. The van der Waals surface area contributed by atoms with E-state index in [0.717, 1.165) is 11.4 Å². The minimum absolute atomic E-state index is 0.0255. The van der Waals surface area contributed by atoms with Gasteiger partial charge in [0.1, 0.15) is 0 Å². The first kappa shape index (κ1) is 37.5. The minimum atomic E-state index is -0.546. The molecule has 2 nitrogen and oxygen atoms in total. The number of fused-ring (bicyclic) bond motifs is 18. The molecule has 0 fully saturated rings. The van der Waals surface area contributed by atoms with Gasteiger partial charge in [-0.2, -0.15) is 0 Å². The van der Waals surface area contributed by atoms with Crippen molar-refractivity contribution in [1.82, 2.24) is 4.57 Å². The van der Waals surface area contributed by atoms with Crippen LogP contribution in [0.3, 0.4) is 0 Å². The molecule has 2 aromatic heterocycles. The van der Waals surface area contributed by atoms with Gasteiger partial charge in [0.05, 0.1) is 22.1 Å². The second-order valence-corrected chi connectivity index (χ2v) is 20.6. The van der Waals surface area contributed by atoms with Crippen LogP contribution >= 0.6 is 11.3 Å². The molecule has 0 N–H and O–H groups in total. The maximum Gasteiger partial charge on any atom is 0.0755 e. The fraction of sp³-hybridized carbons (Fsp3) is 0.0938. The maximum absolute atomic E-state index is 2.54. The molecule has 0 bridgehead atoms. The third kappa shape index (κ3) is 4.84. The van der Waals surface area contributed by atoms with E-state index in [1.165, 1.54) is 109 Å². The van der Waals surface area contributed by atoms with Gasteiger partial charge in [0.25, 0.3) is 0 Å². The third-order valence-corrected chi connectivity index (χ3v) is 17.3. The van der Waals surface area contributed by atoms with E-state index in [9.17, 15) is 0 Å². The van der Waals surface area contributed by atoms with Gasteiger partial charge >= 0.3 is 0 Å². The number of hydrogen-bond donors (Lipinski definition) is 0. The van der Waals surface area contributed by atoms with Gasteiger partial charge in [-0.1, -0.05) is 178 Å². The summed E-state index contributed by atoms with van der Waals surface area (Å²) in [5, 5.41) is 5.23. The predicted molar refractivity (Wildman–Crippen MR) is 282 cm³/mol. The van der Waals surface area contributed by atoms with Crippen molar-refractivity contribution < 1.29 is 0 Å². The maximum atomic E-state index is 2.54. The number of hydrogen-bond acceptors (Lipinski definition) is 2. The molecule has 11 aromatic rings. The van der Waals surface area contributed by atoms with Gasteiger partial charge < -0.3 is 9.47 Å². The molecule has 0 saturated heterocycles. The first-order valence-corrected chi connectivity index (χ1v) is 24.5. The number of thiophene rings is 1. The van der Waals surface area contributed by atoms with Gasteiger partial charge in [0.2, 0.25) is 0 Å². The summed E-state index contributed by atoms with van der Waals surface area (Å²) in [6.45, 7) is 4.88. The lowest BCUT2D eigenvalue weighted by Crippen LogP contribution is -2.33. The zero-order valence-corrected chi connectivity index (χ0v) is 38.1. The normalized spacial score (nSPS) is 19.0. The Kier molecular flexibility index (Phi) is 7.52. The Morgan fingerprint density at radius 2 is 1.12 bits per heavy atom. The number of rotatable bonds is 4. The molecule has 4 aliphatic rings. The van der Waals surface area contributed by atoms with Crippen LogP contribution in [0.1, 0.15) is 53.1 Å². The number of aromatic nitrogens is 1. The molecule has 1 spiro atoms. The standard InChI is InChI=1S/C64H44N2S/c1-63(2)52-22-7-3-15-44(52)46-35-33-41(37-56(46)63)65(40-31-29-39(30-32-40)43-19-13-21-51-49-18-6-12-28-60(49)67-62(43)51)42-34-36-47-45-16-4-8-23-53(45)64(57(47)38-42)54-24-9-11-27-59(54)66-58-26-10-5-17-48(58)50-20-14-25-55(64)61(50)66/h3-38,44,52H,1-2H3. The van der Waals surface area contributed by atoms with E-state index in [4.69, 9.17) is 0 Å². The van der Waals surface area contributed by atoms with Crippen LogP contribution in [0.2, 0.25) is 0 Å². The predicted octanol–water partition coefficient (Wildman–Crippen LogP) is 17.1. The van der Waals surface area contributed by atoms with Gasteiger partial charge in [-0.3, -0.25) is 0 Å². The first-order valence-electron chi connectivity index (χ1n) is 23.7. The molecule has 67 heavy (non-hydrogen) atoms. The Morgan fingerprint density at radius 1 is 0.478 bits per heavy atom. The van der Waals surface area contributed by atoms with Crippen LogP contribution in [0.5, 0.6) is 0 Å². The highest BCUT2D eigenvalue weighted by atomic mass is 32.1. The zero-order chi connectivity index (χ0) is 44.2. The van der Waals surface area contributed by atoms with E-state index >= 15 is 0 Å². The number of para-hydroxylation sites is 3. The Morgan fingerprint density at radius 3 is 2.01 bits per heavy atom. The monoisotopic (exact) mass is 872 g/mol. The van der Waals surface area contributed by atoms with Crippen molar-refractivity contribution in [3.63, 3.8) is 0 Å². The van der Waals surface area contributed by atoms with Crippen LogP contribution in [0, 0.1) is 5.92 Å². The second-order valence-electron chi connectivity index (χ2n) is 19.6. The Hall–Kier alpha value is -7.72. The summed E-state index contributed by atoms with van der Waals surface area (Å²) in [4.78, 5) is 2.52. The molecule has 0 amide bonds. The molecule has 1 aliphatic heterocycles. The Balaban J connectivity index is 0.974. The van der Waals surface area contributed by atoms with Crippen LogP contribution in [0.4, 0.5) is 17.1 Å². The highest BCUT2D eigenvalue weighted by molar-refractivity contribution is 7.26. The van der Waals surface area contributed by atoms with E-state index in [1.807, 2.05) is 11.3 Å². The van der Waals surface area contributed by atoms with E-state index < -0.39 is 5.41 Å². The van der Waals surface area contributed by atoms with Gasteiger partial charge in [-0.15, -0.1) is 11.3 Å². The third-order valence-electron chi connectivity index (χ3n) is 16.1. The van der Waals surface area contributed by atoms with Gasteiger partial charge in [0.15, 0.2) is 0 Å². The van der Waals surface area contributed by atoms with Gasteiger partial charge in [-0.05, 0) is 122 Å². The summed E-state index contributed by atoms with van der Waals surface area (Å²) in [5.41, 5.74) is 19.9. The fourth-order valence-electron chi connectivity index (χ4n) is 13.2. The molecule has 15 rings (SSSR count). The Bertz CT molecular complexity index is 3990. The molecular weight excluding hydrogens is 829 g/mol. The van der Waals surface area contributed by atoms with Crippen molar-refractivity contribution in [2.45, 2.75) is 30.6 Å². The van der Waals surface area contributed by atoms with E-state index in [0.29, 0.717) is 11.8 Å². The summed E-state index contributed by atoms with van der Waals surface area (Å²) in [6.07, 6.45) is 9.31. The van der Waals surface area contributed by atoms with E-state index in [-0.39, 0.29) is 5.41 Å². The number of benzene rings is 9. The number of nitrogens with zero attached hydrogens (tertiary/aromatic N) is 2. The molecular formula is C64H44N2S. The zero-order valence-electron chi connectivity index (χ0n) is 37.2. The second kappa shape index (κ2) is 13.4. The van der Waals surface area contributed by atoms with Crippen LogP contribution in [0.15, 0.2) is 218 Å². The highest BCUT2D eigenvalue weighted by Gasteiger charge is 2.51. The van der Waals surface area contributed by atoms with Crippen molar-refractivity contribution >= 4 is 70.4 Å². The average Bonchev–Trinajstić information content (AvgIpc) is 4.08. The molecule has 0 saturated carbocycles. The van der Waals surface area contributed by atoms with Crippen molar-refractivity contribution in [3.05, 3.63) is 252 Å². The van der Waals surface area contributed by atoms with Crippen LogP contribution < -0.4 is 4.90 Å². The van der Waals surface area contributed by atoms with Gasteiger partial charge in [0, 0.05) is 53.9 Å². The smallest absolute Gasteiger partial charge is 0.0755 e.